The minimum Gasteiger partial charge on any atom is -0.463 e. The molecule has 0 spiro atoms. The molecule has 8 nitrogen and oxygen atoms in total. The van der Waals surface area contributed by atoms with Crippen molar-refractivity contribution in [1.82, 2.24) is 19.1 Å². The summed E-state index contributed by atoms with van der Waals surface area (Å²) in [4.78, 5) is 30.9. The summed E-state index contributed by atoms with van der Waals surface area (Å²) in [6.45, 7) is 8.37. The van der Waals surface area contributed by atoms with Crippen LogP contribution in [0.5, 0.6) is 0 Å². The van der Waals surface area contributed by atoms with Crippen molar-refractivity contribution in [3.8, 4) is 0 Å². The van der Waals surface area contributed by atoms with E-state index in [1.807, 2.05) is 43.0 Å². The lowest BCUT2D eigenvalue weighted by Gasteiger charge is -2.38. The number of amides is 1. The summed E-state index contributed by atoms with van der Waals surface area (Å²) < 4.78 is 8.58. The van der Waals surface area contributed by atoms with Gasteiger partial charge in [-0.05, 0) is 38.0 Å². The molecule has 4 heterocycles. The van der Waals surface area contributed by atoms with Gasteiger partial charge in [-0.1, -0.05) is 24.6 Å². The first-order chi connectivity index (χ1) is 15.9. The van der Waals surface area contributed by atoms with Gasteiger partial charge in [0.25, 0.3) is 5.56 Å². The summed E-state index contributed by atoms with van der Waals surface area (Å²) in [6, 6.07) is 8.74. The SMILES string of the molecule is CCC(C(=O)N1CCN(c2cc(Cl)ccc2C)CC1)n1nc(C)n2c(cc3occc32)c1=O. The molecule has 0 radical (unpaired) electrons. The zero-order valence-corrected chi connectivity index (χ0v) is 19.7. The van der Waals surface area contributed by atoms with Gasteiger partial charge in [-0.2, -0.15) is 5.10 Å². The zero-order valence-electron chi connectivity index (χ0n) is 18.9. The number of piperazine rings is 1. The van der Waals surface area contributed by atoms with Gasteiger partial charge in [0.05, 0.1) is 11.8 Å². The van der Waals surface area contributed by atoms with Crippen LogP contribution in [0.4, 0.5) is 5.69 Å². The maximum atomic E-state index is 13.5. The smallest absolute Gasteiger partial charge is 0.291 e. The summed E-state index contributed by atoms with van der Waals surface area (Å²) in [5.74, 6) is 0.557. The third kappa shape index (κ3) is 3.58. The van der Waals surface area contributed by atoms with E-state index in [-0.39, 0.29) is 11.5 Å². The molecule has 172 valence electrons. The van der Waals surface area contributed by atoms with Crippen molar-refractivity contribution in [2.45, 2.75) is 33.2 Å². The van der Waals surface area contributed by atoms with Gasteiger partial charge in [0, 0.05) is 49.0 Å². The van der Waals surface area contributed by atoms with Crippen LogP contribution in [0.1, 0.15) is 30.8 Å². The molecule has 1 amide bonds. The van der Waals surface area contributed by atoms with Gasteiger partial charge in [-0.25, -0.2) is 4.68 Å². The molecule has 4 aromatic rings. The number of furan rings is 1. The lowest BCUT2D eigenvalue weighted by atomic mass is 10.1. The van der Waals surface area contributed by atoms with Crippen LogP contribution in [0.3, 0.4) is 0 Å². The lowest BCUT2D eigenvalue weighted by molar-refractivity contribution is -0.135. The molecule has 0 N–H and O–H groups in total. The Kier molecular flexibility index (Phi) is 5.40. The van der Waals surface area contributed by atoms with Crippen molar-refractivity contribution in [2.75, 3.05) is 31.1 Å². The quantitative estimate of drug-likeness (QED) is 0.456. The van der Waals surface area contributed by atoms with E-state index in [1.165, 1.54) is 4.68 Å². The molecule has 1 aliphatic rings. The van der Waals surface area contributed by atoms with Gasteiger partial charge in [-0.3, -0.25) is 14.0 Å². The number of hydrogen-bond acceptors (Lipinski definition) is 5. The van der Waals surface area contributed by atoms with Crippen LogP contribution in [0.25, 0.3) is 16.6 Å². The Morgan fingerprint density at radius 3 is 2.61 bits per heavy atom. The molecule has 0 aliphatic carbocycles. The summed E-state index contributed by atoms with van der Waals surface area (Å²) in [7, 11) is 0. The van der Waals surface area contributed by atoms with Gasteiger partial charge in [0.2, 0.25) is 5.91 Å². The van der Waals surface area contributed by atoms with Crippen molar-refractivity contribution in [2.24, 2.45) is 0 Å². The number of aromatic nitrogens is 3. The van der Waals surface area contributed by atoms with Crippen LogP contribution in [-0.4, -0.2) is 51.2 Å². The first-order valence-electron chi connectivity index (χ1n) is 11.2. The van der Waals surface area contributed by atoms with Gasteiger partial charge >= 0.3 is 0 Å². The van der Waals surface area contributed by atoms with Crippen LogP contribution < -0.4 is 10.5 Å². The van der Waals surface area contributed by atoms with Crippen LogP contribution in [-0.2, 0) is 4.79 Å². The summed E-state index contributed by atoms with van der Waals surface area (Å²) in [5, 5.41) is 5.23. The molecule has 1 saturated heterocycles. The number of carbonyl (C=O) groups excluding carboxylic acids is 1. The van der Waals surface area contributed by atoms with E-state index in [4.69, 9.17) is 16.0 Å². The highest BCUT2D eigenvalue weighted by molar-refractivity contribution is 6.30. The van der Waals surface area contributed by atoms with Crippen molar-refractivity contribution in [3.05, 3.63) is 63.4 Å². The monoisotopic (exact) mass is 467 g/mol. The number of rotatable bonds is 4. The standard InChI is InChI=1S/C24H26ClN5O3/c1-4-18(30-24(32)21-14-22-19(7-12-33-22)29(21)16(3)26-30)23(31)28-10-8-27(9-11-28)20-13-17(25)6-5-15(20)2/h5-7,12-14,18H,4,8-11H2,1-3H3. The Hall–Kier alpha value is -3.26. The van der Waals surface area contributed by atoms with Gasteiger partial charge in [-0.15, -0.1) is 0 Å². The van der Waals surface area contributed by atoms with Crippen LogP contribution >= 0.6 is 11.6 Å². The Morgan fingerprint density at radius 2 is 1.88 bits per heavy atom. The average molecular weight is 468 g/mol. The number of fused-ring (bicyclic) bond motifs is 3. The van der Waals surface area contributed by atoms with E-state index in [0.717, 1.165) is 16.8 Å². The fourth-order valence-corrected chi connectivity index (χ4v) is 4.93. The third-order valence-electron chi connectivity index (χ3n) is 6.50. The first-order valence-corrected chi connectivity index (χ1v) is 11.5. The largest absolute Gasteiger partial charge is 0.463 e. The lowest BCUT2D eigenvalue weighted by Crippen LogP contribution is -2.51. The second-order valence-corrected chi connectivity index (χ2v) is 8.94. The molecule has 1 aliphatic heterocycles. The second-order valence-electron chi connectivity index (χ2n) is 8.50. The molecular formula is C24H26ClN5O3. The molecule has 5 rings (SSSR count). The topological polar surface area (TPSA) is 76.0 Å². The van der Waals surface area contributed by atoms with Crippen molar-refractivity contribution in [3.63, 3.8) is 0 Å². The predicted molar refractivity (Wildman–Crippen MR) is 128 cm³/mol. The van der Waals surface area contributed by atoms with E-state index < -0.39 is 6.04 Å². The maximum Gasteiger partial charge on any atom is 0.291 e. The van der Waals surface area contributed by atoms with Crippen LogP contribution in [0, 0.1) is 13.8 Å². The van der Waals surface area contributed by atoms with Crippen LogP contribution in [0.2, 0.25) is 5.02 Å². The fraction of sp³-hybridized carbons (Fsp3) is 0.375. The van der Waals surface area contributed by atoms with Crippen molar-refractivity contribution >= 4 is 39.8 Å². The Morgan fingerprint density at radius 1 is 1.12 bits per heavy atom. The highest BCUT2D eigenvalue weighted by Crippen LogP contribution is 2.26. The number of aryl methyl sites for hydroxylation is 2. The van der Waals surface area contributed by atoms with Gasteiger partial charge in [0.15, 0.2) is 5.58 Å². The van der Waals surface area contributed by atoms with Gasteiger partial charge in [0.1, 0.15) is 17.4 Å². The molecular weight excluding hydrogens is 442 g/mol. The van der Waals surface area contributed by atoms with Gasteiger partial charge < -0.3 is 14.2 Å². The Balaban J connectivity index is 1.40. The molecule has 1 atom stereocenters. The minimum absolute atomic E-state index is 0.0754. The predicted octanol–water partition coefficient (Wildman–Crippen LogP) is 3.81. The normalized spacial score (nSPS) is 15.5. The summed E-state index contributed by atoms with van der Waals surface area (Å²) in [5.41, 5.74) is 3.85. The zero-order chi connectivity index (χ0) is 23.3. The van der Waals surface area contributed by atoms with Crippen molar-refractivity contribution < 1.29 is 9.21 Å². The third-order valence-corrected chi connectivity index (χ3v) is 6.73. The summed E-state index contributed by atoms with van der Waals surface area (Å²) in [6.07, 6.45) is 2.07. The maximum absolute atomic E-state index is 13.5. The summed E-state index contributed by atoms with van der Waals surface area (Å²) >= 11 is 6.19. The number of hydrogen-bond donors (Lipinski definition) is 0. The Labute approximate surface area is 195 Å². The molecule has 0 bridgehead atoms. The fourth-order valence-electron chi connectivity index (χ4n) is 4.76. The molecule has 33 heavy (non-hydrogen) atoms. The Bertz CT molecular complexity index is 1410. The van der Waals surface area contributed by atoms with Crippen molar-refractivity contribution in [1.29, 1.82) is 0 Å². The number of carbonyl (C=O) groups is 1. The highest BCUT2D eigenvalue weighted by Gasteiger charge is 2.30. The molecule has 0 saturated carbocycles. The number of anilines is 1. The first kappa shape index (κ1) is 21.6. The van der Waals surface area contributed by atoms with Crippen LogP contribution in [0.15, 0.2) is 45.8 Å². The van der Waals surface area contributed by atoms with E-state index in [1.54, 1.807) is 16.7 Å². The molecule has 1 aromatic carbocycles. The molecule has 1 fully saturated rings. The molecule has 1 unspecified atom stereocenters. The second kappa shape index (κ2) is 8.26. The average Bonchev–Trinajstić information content (AvgIpc) is 3.41. The number of halogens is 1. The number of benzene rings is 1. The van der Waals surface area contributed by atoms with E-state index >= 15 is 0 Å². The number of nitrogens with zero attached hydrogens (tertiary/aromatic N) is 5. The minimum atomic E-state index is -0.651. The van der Waals surface area contributed by atoms with E-state index in [9.17, 15) is 9.59 Å². The van der Waals surface area contributed by atoms with E-state index in [0.29, 0.717) is 54.5 Å². The highest BCUT2D eigenvalue weighted by atomic mass is 35.5. The molecule has 9 heteroatoms. The molecule has 3 aromatic heterocycles. The van der Waals surface area contributed by atoms with E-state index in [2.05, 4.69) is 16.9 Å².